The number of halogens is 1. The van der Waals surface area contributed by atoms with Crippen LogP contribution in [0.3, 0.4) is 0 Å². The van der Waals surface area contributed by atoms with E-state index in [0.29, 0.717) is 17.7 Å². The maximum Gasteiger partial charge on any atom is 0.330 e. The summed E-state index contributed by atoms with van der Waals surface area (Å²) in [4.78, 5) is 28.1. The predicted molar refractivity (Wildman–Crippen MR) is 114 cm³/mol. The molecule has 2 N–H and O–H groups in total. The minimum absolute atomic E-state index is 0.243. The molecule has 0 spiro atoms. The van der Waals surface area contributed by atoms with Gasteiger partial charge in [-0.2, -0.15) is 0 Å². The Bertz CT molecular complexity index is 1180. The molecule has 0 bridgehead atoms. The maximum absolute atomic E-state index is 12.3. The summed E-state index contributed by atoms with van der Waals surface area (Å²) in [5.41, 5.74) is 2.04. The molecule has 3 heterocycles. The van der Waals surface area contributed by atoms with Crippen molar-refractivity contribution in [3.8, 4) is 11.3 Å². The molecule has 0 amide bonds. The van der Waals surface area contributed by atoms with Gasteiger partial charge in [0.25, 0.3) is 5.56 Å². The van der Waals surface area contributed by atoms with Gasteiger partial charge in [0, 0.05) is 18.2 Å². The number of aliphatic hydroxyl groups is 1. The van der Waals surface area contributed by atoms with Gasteiger partial charge in [0.05, 0.1) is 24.4 Å². The molecule has 3 atom stereocenters. The third kappa shape index (κ3) is 3.93. The van der Waals surface area contributed by atoms with Gasteiger partial charge in [0.2, 0.25) is 0 Å². The molecule has 1 aromatic carbocycles. The van der Waals surface area contributed by atoms with Crippen LogP contribution in [-0.4, -0.2) is 42.4 Å². The van der Waals surface area contributed by atoms with Crippen molar-refractivity contribution in [3.63, 3.8) is 0 Å². The average Bonchev–Trinajstić information content (AvgIpc) is 3.37. The Balaban J connectivity index is 1.63. The van der Waals surface area contributed by atoms with Crippen molar-refractivity contribution in [2.75, 3.05) is 6.61 Å². The Morgan fingerprint density at radius 2 is 2.07 bits per heavy atom. The molecule has 30 heavy (non-hydrogen) atoms. The number of aromatic amines is 1. The van der Waals surface area contributed by atoms with E-state index in [1.807, 2.05) is 31.2 Å². The third-order valence-corrected chi connectivity index (χ3v) is 5.39. The summed E-state index contributed by atoms with van der Waals surface area (Å²) in [6.07, 6.45) is 3.93. The molecule has 1 saturated heterocycles. The highest BCUT2D eigenvalue weighted by Crippen LogP contribution is 2.36. The number of H-pyrrole nitrogens is 1. The van der Waals surface area contributed by atoms with E-state index in [-0.39, 0.29) is 12.6 Å². The van der Waals surface area contributed by atoms with Crippen molar-refractivity contribution in [2.24, 2.45) is 0 Å². The molecule has 10 heteroatoms. The number of rotatable bonds is 5. The molecule has 4 rings (SSSR count). The van der Waals surface area contributed by atoms with E-state index in [0.717, 1.165) is 11.1 Å². The second-order valence-corrected chi connectivity index (χ2v) is 7.64. The largest absolute Gasteiger partial charge is 0.394 e. The topological polar surface area (TPSA) is 115 Å². The molecule has 1 aliphatic rings. The van der Waals surface area contributed by atoms with Crippen molar-refractivity contribution in [1.82, 2.24) is 24.5 Å². The zero-order chi connectivity index (χ0) is 21.3. The third-order valence-electron chi connectivity index (χ3n) is 5.13. The van der Waals surface area contributed by atoms with Gasteiger partial charge in [-0.1, -0.05) is 51.0 Å². The quantitative estimate of drug-likeness (QED) is 0.585. The second-order valence-electron chi connectivity index (χ2n) is 7.11. The Kier molecular flexibility index (Phi) is 5.80. The first kappa shape index (κ1) is 20.5. The average molecular weight is 474 g/mol. The lowest BCUT2D eigenvalue weighted by Crippen LogP contribution is -2.33. The van der Waals surface area contributed by atoms with E-state index in [1.165, 1.54) is 21.8 Å². The van der Waals surface area contributed by atoms with E-state index >= 15 is 0 Å². The summed E-state index contributed by atoms with van der Waals surface area (Å²) in [5, 5.41) is 18.3. The van der Waals surface area contributed by atoms with Crippen LogP contribution < -0.4 is 11.2 Å². The van der Waals surface area contributed by atoms with Crippen molar-refractivity contribution < 1.29 is 9.84 Å². The summed E-state index contributed by atoms with van der Waals surface area (Å²) in [6.45, 7) is 1.77. The number of ether oxygens (including phenoxy) is 1. The molecule has 0 saturated carbocycles. The zero-order valence-electron chi connectivity index (χ0n) is 16.1. The zero-order valence-corrected chi connectivity index (χ0v) is 17.7. The first-order valence-electron chi connectivity index (χ1n) is 9.37. The van der Waals surface area contributed by atoms with Gasteiger partial charge < -0.3 is 9.84 Å². The number of aryl methyl sites for hydroxylation is 1. The smallest absolute Gasteiger partial charge is 0.330 e. The molecule has 1 fully saturated rings. The molecule has 3 aromatic rings. The molecule has 0 radical (unpaired) electrons. The van der Waals surface area contributed by atoms with Gasteiger partial charge in [-0.05, 0) is 18.0 Å². The first-order chi connectivity index (χ1) is 14.5. The summed E-state index contributed by atoms with van der Waals surface area (Å²) in [6, 6.07) is 7.63. The van der Waals surface area contributed by atoms with Crippen molar-refractivity contribution in [3.05, 3.63) is 73.6 Å². The van der Waals surface area contributed by atoms with Crippen LogP contribution >= 0.6 is 15.9 Å². The van der Waals surface area contributed by atoms with Crippen LogP contribution in [0.2, 0.25) is 0 Å². The Morgan fingerprint density at radius 1 is 1.30 bits per heavy atom. The Morgan fingerprint density at radius 3 is 2.77 bits per heavy atom. The van der Waals surface area contributed by atoms with Crippen LogP contribution in [0.5, 0.6) is 0 Å². The van der Waals surface area contributed by atoms with E-state index in [4.69, 9.17) is 4.74 Å². The normalized spacial score (nSPS) is 21.5. The van der Waals surface area contributed by atoms with Crippen molar-refractivity contribution in [1.29, 1.82) is 0 Å². The molecule has 0 unspecified atom stereocenters. The lowest BCUT2D eigenvalue weighted by molar-refractivity contribution is -0.0323. The summed E-state index contributed by atoms with van der Waals surface area (Å²) in [7, 11) is 0. The van der Waals surface area contributed by atoms with E-state index < -0.39 is 23.6 Å². The van der Waals surface area contributed by atoms with Crippen LogP contribution in [0.25, 0.3) is 17.3 Å². The molecular formula is C20H20BrN5O4. The van der Waals surface area contributed by atoms with Crippen LogP contribution in [0.1, 0.15) is 29.8 Å². The molecular weight excluding hydrogens is 454 g/mol. The fourth-order valence-electron chi connectivity index (χ4n) is 3.53. The van der Waals surface area contributed by atoms with Gasteiger partial charge in [0.15, 0.2) is 0 Å². The number of hydrogen-bond acceptors (Lipinski definition) is 6. The van der Waals surface area contributed by atoms with Crippen LogP contribution in [0.15, 0.2) is 51.2 Å². The standard InChI is InChI=1S/C20H20BrN5O4/c1-12-2-4-13(5-3-12)15-10-26(24-23-15)16-8-18(30-17(16)11-27)25-9-14(6-7-21)19(28)22-20(25)29/h2-7,9-10,16-18,27H,8,11H2,1H3,(H,22,28,29)/b7-6+/t16-,17-,18-/m1/s1. The lowest BCUT2D eigenvalue weighted by atomic mass is 10.1. The van der Waals surface area contributed by atoms with Gasteiger partial charge in [-0.15, -0.1) is 5.10 Å². The highest BCUT2D eigenvalue weighted by atomic mass is 79.9. The number of nitrogens with zero attached hydrogens (tertiary/aromatic N) is 4. The SMILES string of the molecule is Cc1ccc(-c2cn([C@@H]3C[C@H](n4cc(/C=C/Br)c(=O)[nH]c4=O)O[C@@H]3CO)nn2)cc1. The highest BCUT2D eigenvalue weighted by molar-refractivity contribution is 9.11. The highest BCUT2D eigenvalue weighted by Gasteiger charge is 2.38. The second kappa shape index (κ2) is 8.50. The first-order valence-corrected chi connectivity index (χ1v) is 10.3. The number of aromatic nitrogens is 5. The summed E-state index contributed by atoms with van der Waals surface area (Å²) < 4.78 is 8.90. The summed E-state index contributed by atoms with van der Waals surface area (Å²) in [5.74, 6) is 0. The van der Waals surface area contributed by atoms with E-state index in [1.54, 1.807) is 10.9 Å². The van der Waals surface area contributed by atoms with Gasteiger partial charge >= 0.3 is 5.69 Å². The van der Waals surface area contributed by atoms with Crippen molar-refractivity contribution >= 4 is 22.0 Å². The molecule has 156 valence electrons. The minimum Gasteiger partial charge on any atom is -0.394 e. The van der Waals surface area contributed by atoms with Gasteiger partial charge in [-0.25, -0.2) is 9.48 Å². The Labute approximate surface area is 179 Å². The fourth-order valence-corrected chi connectivity index (χ4v) is 3.81. The minimum atomic E-state index is -0.661. The van der Waals surface area contributed by atoms with Crippen molar-refractivity contribution in [2.45, 2.75) is 31.7 Å². The van der Waals surface area contributed by atoms with Gasteiger partial charge in [0.1, 0.15) is 18.0 Å². The Hall–Kier alpha value is -2.82. The maximum atomic E-state index is 12.3. The molecule has 9 nitrogen and oxygen atoms in total. The number of aliphatic hydroxyl groups excluding tert-OH is 1. The predicted octanol–water partition coefficient (Wildman–Crippen LogP) is 1.99. The van der Waals surface area contributed by atoms with Crippen LogP contribution in [-0.2, 0) is 4.74 Å². The molecule has 0 aliphatic carbocycles. The number of benzene rings is 1. The number of hydrogen-bond donors (Lipinski definition) is 2. The fraction of sp³-hybridized carbons (Fsp3) is 0.300. The van der Waals surface area contributed by atoms with Crippen LogP contribution in [0, 0.1) is 6.92 Å². The molecule has 2 aromatic heterocycles. The van der Waals surface area contributed by atoms with E-state index in [2.05, 4.69) is 31.2 Å². The summed E-state index contributed by atoms with van der Waals surface area (Å²) >= 11 is 3.13. The van der Waals surface area contributed by atoms with E-state index in [9.17, 15) is 14.7 Å². The van der Waals surface area contributed by atoms with Crippen LogP contribution in [0.4, 0.5) is 0 Å². The number of nitrogens with one attached hydrogen (secondary N) is 1. The monoisotopic (exact) mass is 473 g/mol. The van der Waals surface area contributed by atoms with Gasteiger partial charge in [-0.3, -0.25) is 14.3 Å². The molecule has 1 aliphatic heterocycles. The lowest BCUT2D eigenvalue weighted by Gasteiger charge is -2.15.